The summed E-state index contributed by atoms with van der Waals surface area (Å²) in [4.78, 5) is 0. The van der Waals surface area contributed by atoms with Crippen LogP contribution in [0.2, 0.25) is 0 Å². The molecule has 1 aliphatic heterocycles. The first-order valence-electron chi connectivity index (χ1n) is 8.30. The highest BCUT2D eigenvalue weighted by Gasteiger charge is 2.15. The van der Waals surface area contributed by atoms with Crippen molar-refractivity contribution < 1.29 is 0 Å². The topological polar surface area (TPSA) is 24.1 Å². The number of alkyl halides is 1. The van der Waals surface area contributed by atoms with Gasteiger partial charge in [0.2, 0.25) is 0 Å². The van der Waals surface area contributed by atoms with E-state index in [1.807, 2.05) is 33.9 Å². The molecule has 2 aromatic rings. The Kier molecular flexibility index (Phi) is 9.34. The summed E-state index contributed by atoms with van der Waals surface area (Å²) in [5.74, 6) is 0. The van der Waals surface area contributed by atoms with Crippen LogP contribution in [-0.4, -0.2) is 0 Å². The molecule has 2 nitrogen and oxygen atoms in total. The van der Waals surface area contributed by atoms with E-state index in [9.17, 15) is 0 Å². The molecule has 1 unspecified atom stereocenters. The first-order valence-corrected chi connectivity index (χ1v) is 9.42. The van der Waals surface area contributed by atoms with Gasteiger partial charge >= 0.3 is 0 Å². The van der Waals surface area contributed by atoms with Gasteiger partial charge in [0, 0.05) is 11.5 Å². The molecule has 1 atom stereocenters. The number of nitrogens with one attached hydrogen (secondary N) is 2. The highest BCUT2D eigenvalue weighted by Crippen LogP contribution is 2.29. The SMILES string of the molecule is BrCc1ccc(-c2ccccc2C2C=CNN2)cc1.CC.CC. The Morgan fingerprint density at radius 2 is 1.57 bits per heavy atom. The Morgan fingerprint density at radius 3 is 2.13 bits per heavy atom. The van der Waals surface area contributed by atoms with E-state index in [-0.39, 0.29) is 6.04 Å². The van der Waals surface area contributed by atoms with Gasteiger partial charge in [0.1, 0.15) is 0 Å². The van der Waals surface area contributed by atoms with Gasteiger partial charge in [0.05, 0.1) is 6.04 Å². The van der Waals surface area contributed by atoms with Gasteiger partial charge in [-0.3, -0.25) is 0 Å². The number of benzene rings is 2. The number of halogens is 1. The first kappa shape index (κ1) is 19.5. The Morgan fingerprint density at radius 1 is 0.913 bits per heavy atom. The molecule has 3 rings (SSSR count). The predicted molar refractivity (Wildman–Crippen MR) is 105 cm³/mol. The van der Waals surface area contributed by atoms with E-state index in [1.54, 1.807) is 0 Å². The molecule has 2 N–H and O–H groups in total. The fourth-order valence-electron chi connectivity index (χ4n) is 2.32. The molecule has 0 amide bonds. The van der Waals surface area contributed by atoms with Gasteiger partial charge in [-0.1, -0.05) is 92.2 Å². The van der Waals surface area contributed by atoms with Crippen LogP contribution < -0.4 is 10.9 Å². The zero-order valence-electron chi connectivity index (χ0n) is 14.4. The Balaban J connectivity index is 0.000000615. The summed E-state index contributed by atoms with van der Waals surface area (Å²) >= 11 is 3.48. The summed E-state index contributed by atoms with van der Waals surface area (Å²) in [5.41, 5.74) is 11.4. The summed E-state index contributed by atoms with van der Waals surface area (Å²) in [6.07, 6.45) is 4.07. The van der Waals surface area contributed by atoms with Gasteiger partial charge in [0.25, 0.3) is 0 Å². The van der Waals surface area contributed by atoms with E-state index < -0.39 is 0 Å². The maximum Gasteiger partial charge on any atom is 0.0713 e. The molecule has 0 aliphatic carbocycles. The van der Waals surface area contributed by atoms with Crippen LogP contribution in [0.1, 0.15) is 44.9 Å². The minimum Gasteiger partial charge on any atom is -0.328 e. The van der Waals surface area contributed by atoms with Gasteiger partial charge in [-0.15, -0.1) is 0 Å². The van der Waals surface area contributed by atoms with E-state index in [2.05, 4.69) is 81.4 Å². The zero-order valence-corrected chi connectivity index (χ0v) is 16.0. The van der Waals surface area contributed by atoms with Crippen LogP contribution in [-0.2, 0) is 5.33 Å². The molecule has 1 aliphatic rings. The van der Waals surface area contributed by atoms with Crippen molar-refractivity contribution in [3.8, 4) is 11.1 Å². The van der Waals surface area contributed by atoms with Crippen LogP contribution in [0, 0.1) is 0 Å². The van der Waals surface area contributed by atoms with Crippen molar-refractivity contribution in [1.82, 2.24) is 10.9 Å². The maximum absolute atomic E-state index is 3.48. The third-order valence-corrected chi connectivity index (χ3v) is 3.97. The van der Waals surface area contributed by atoms with Gasteiger partial charge in [-0.05, 0) is 28.3 Å². The normalized spacial score (nSPS) is 14.9. The highest BCUT2D eigenvalue weighted by molar-refractivity contribution is 9.08. The molecule has 3 heteroatoms. The average Bonchev–Trinajstić information content (AvgIpc) is 3.20. The fourth-order valence-corrected chi connectivity index (χ4v) is 2.69. The number of rotatable bonds is 3. The van der Waals surface area contributed by atoms with Crippen molar-refractivity contribution in [2.75, 3.05) is 0 Å². The summed E-state index contributed by atoms with van der Waals surface area (Å²) < 4.78 is 0. The smallest absolute Gasteiger partial charge is 0.0713 e. The minimum atomic E-state index is 0.229. The maximum atomic E-state index is 3.48. The molecule has 0 bridgehead atoms. The predicted octanol–water partition coefficient (Wildman–Crippen LogP) is 5.96. The summed E-state index contributed by atoms with van der Waals surface area (Å²) in [6.45, 7) is 8.00. The number of hydrogen-bond donors (Lipinski definition) is 2. The quantitative estimate of drug-likeness (QED) is 0.647. The van der Waals surface area contributed by atoms with E-state index in [1.165, 1.54) is 22.3 Å². The molecular weight excluding hydrogens is 348 g/mol. The van der Waals surface area contributed by atoms with Gasteiger partial charge in [-0.2, -0.15) is 0 Å². The van der Waals surface area contributed by atoms with Gasteiger partial charge < -0.3 is 5.43 Å². The second-order valence-corrected chi connectivity index (χ2v) is 5.10. The van der Waals surface area contributed by atoms with Crippen LogP contribution in [0.25, 0.3) is 11.1 Å². The number of hydrogen-bond acceptors (Lipinski definition) is 2. The van der Waals surface area contributed by atoms with E-state index in [0.717, 1.165) is 5.33 Å². The summed E-state index contributed by atoms with van der Waals surface area (Å²) in [6, 6.07) is 17.4. The molecule has 0 aromatic heterocycles. The lowest BCUT2D eigenvalue weighted by Gasteiger charge is -2.15. The Hall–Kier alpha value is -1.58. The third kappa shape index (κ3) is 5.22. The highest BCUT2D eigenvalue weighted by atomic mass is 79.9. The standard InChI is InChI=1S/C16H15BrN2.2C2H6/c17-11-12-5-7-13(8-6-12)14-3-1-2-4-15(14)16-9-10-18-19-16;2*1-2/h1-10,16,18-19H,11H2;2*1-2H3. The lowest BCUT2D eigenvalue weighted by molar-refractivity contribution is 0.611. The third-order valence-electron chi connectivity index (χ3n) is 3.33. The monoisotopic (exact) mass is 374 g/mol. The molecule has 2 aromatic carbocycles. The van der Waals surface area contributed by atoms with Crippen LogP contribution in [0.4, 0.5) is 0 Å². The van der Waals surface area contributed by atoms with Crippen LogP contribution >= 0.6 is 15.9 Å². The molecular formula is C20H27BrN2. The van der Waals surface area contributed by atoms with E-state index in [0.29, 0.717) is 0 Å². The van der Waals surface area contributed by atoms with Gasteiger partial charge in [0.15, 0.2) is 0 Å². The molecule has 0 fully saturated rings. The second kappa shape index (κ2) is 11.0. The van der Waals surface area contributed by atoms with Crippen molar-refractivity contribution in [2.24, 2.45) is 0 Å². The lowest BCUT2D eigenvalue weighted by Crippen LogP contribution is -2.24. The second-order valence-electron chi connectivity index (χ2n) is 4.54. The molecule has 23 heavy (non-hydrogen) atoms. The van der Waals surface area contributed by atoms with Crippen molar-refractivity contribution >= 4 is 15.9 Å². The minimum absolute atomic E-state index is 0.229. The zero-order chi connectivity index (χ0) is 17.1. The summed E-state index contributed by atoms with van der Waals surface area (Å²) in [5, 5.41) is 0.895. The molecule has 0 spiro atoms. The van der Waals surface area contributed by atoms with Crippen LogP contribution in [0.5, 0.6) is 0 Å². The van der Waals surface area contributed by atoms with E-state index in [4.69, 9.17) is 0 Å². The summed E-state index contributed by atoms with van der Waals surface area (Å²) in [7, 11) is 0. The molecule has 124 valence electrons. The largest absolute Gasteiger partial charge is 0.328 e. The Labute approximate surface area is 149 Å². The van der Waals surface area contributed by atoms with Gasteiger partial charge in [-0.25, -0.2) is 5.43 Å². The first-order chi connectivity index (χ1) is 11.4. The molecule has 0 radical (unpaired) electrons. The van der Waals surface area contributed by atoms with Crippen molar-refractivity contribution in [2.45, 2.75) is 39.1 Å². The molecule has 1 heterocycles. The Bertz CT molecular complexity index is 591. The van der Waals surface area contributed by atoms with E-state index >= 15 is 0 Å². The molecule has 0 saturated carbocycles. The lowest BCUT2D eigenvalue weighted by atomic mass is 9.95. The van der Waals surface area contributed by atoms with Crippen molar-refractivity contribution in [3.05, 3.63) is 71.9 Å². The van der Waals surface area contributed by atoms with Crippen LogP contribution in [0.3, 0.4) is 0 Å². The van der Waals surface area contributed by atoms with Crippen LogP contribution in [0.15, 0.2) is 60.8 Å². The number of hydrazine groups is 1. The molecule has 0 saturated heterocycles. The average molecular weight is 375 g/mol. The fraction of sp³-hybridized carbons (Fsp3) is 0.300. The van der Waals surface area contributed by atoms with Crippen molar-refractivity contribution in [1.29, 1.82) is 0 Å². The van der Waals surface area contributed by atoms with Crippen molar-refractivity contribution in [3.63, 3.8) is 0 Å².